The normalized spacial score (nSPS) is 23.9. The van der Waals surface area contributed by atoms with Gasteiger partial charge < -0.3 is 18.8 Å². The maximum atomic E-state index is 14.0. The van der Waals surface area contributed by atoms with Crippen LogP contribution in [0.5, 0.6) is 11.5 Å². The van der Waals surface area contributed by atoms with Crippen LogP contribution in [-0.2, 0) is 4.79 Å². The fourth-order valence-electron chi connectivity index (χ4n) is 6.83. The van der Waals surface area contributed by atoms with Gasteiger partial charge in [0.2, 0.25) is 5.91 Å². The van der Waals surface area contributed by atoms with Crippen LogP contribution >= 0.6 is 0 Å². The summed E-state index contributed by atoms with van der Waals surface area (Å²) < 4.78 is 13.2. The molecule has 2 bridgehead atoms. The van der Waals surface area contributed by atoms with E-state index in [0.29, 0.717) is 24.0 Å². The highest BCUT2D eigenvalue weighted by Crippen LogP contribution is 2.53. The van der Waals surface area contributed by atoms with Crippen LogP contribution in [0.15, 0.2) is 42.7 Å². The van der Waals surface area contributed by atoms with Crippen LogP contribution in [0, 0.1) is 17.8 Å². The Balaban J connectivity index is 1.54. The molecule has 2 aromatic heterocycles. The van der Waals surface area contributed by atoms with E-state index in [0.717, 1.165) is 41.9 Å². The number of ether oxygens (including phenoxy) is 2. The maximum absolute atomic E-state index is 14.0. The highest BCUT2D eigenvalue weighted by atomic mass is 16.5. The number of fused-ring (bicyclic) bond motifs is 3. The molecular weight excluding hydrogens is 438 g/mol. The predicted octanol–water partition coefficient (Wildman–Crippen LogP) is 5.61. The van der Waals surface area contributed by atoms with Gasteiger partial charge in [-0.15, -0.1) is 0 Å². The molecule has 3 atom stereocenters. The number of pyridine rings is 1. The first-order chi connectivity index (χ1) is 16.6. The lowest BCUT2D eigenvalue weighted by Gasteiger charge is -2.39. The molecule has 1 aliphatic carbocycles. The molecule has 186 valence electrons. The van der Waals surface area contributed by atoms with Crippen molar-refractivity contribution in [3.05, 3.63) is 59.5 Å². The molecule has 2 fully saturated rings. The summed E-state index contributed by atoms with van der Waals surface area (Å²) in [7, 11) is 3.31. The highest BCUT2D eigenvalue weighted by molar-refractivity contribution is 5.79. The number of imidazole rings is 1. The van der Waals surface area contributed by atoms with Gasteiger partial charge in [-0.25, -0.2) is 4.98 Å². The number of rotatable bonds is 6. The fraction of sp³-hybridized carbons (Fsp3) is 0.517. The minimum absolute atomic E-state index is 0.175. The fourth-order valence-corrected chi connectivity index (χ4v) is 6.83. The van der Waals surface area contributed by atoms with Gasteiger partial charge in [0.15, 0.2) is 0 Å². The number of hydrogen-bond acceptors (Lipinski definition) is 4. The van der Waals surface area contributed by atoms with Crippen molar-refractivity contribution in [2.24, 2.45) is 10.8 Å². The molecule has 0 radical (unpaired) electrons. The first-order valence-corrected chi connectivity index (χ1v) is 12.6. The van der Waals surface area contributed by atoms with E-state index in [4.69, 9.17) is 9.47 Å². The lowest BCUT2D eigenvalue weighted by atomic mass is 9.65. The monoisotopic (exact) mass is 475 g/mol. The average Bonchev–Trinajstić information content (AvgIpc) is 3.32. The van der Waals surface area contributed by atoms with E-state index in [9.17, 15) is 4.79 Å². The van der Waals surface area contributed by atoms with E-state index in [1.54, 1.807) is 14.2 Å². The average molecular weight is 476 g/mol. The summed E-state index contributed by atoms with van der Waals surface area (Å²) in [4.78, 5) is 20.8. The topological polar surface area (TPSA) is 56.1 Å². The van der Waals surface area contributed by atoms with E-state index >= 15 is 0 Å². The van der Waals surface area contributed by atoms with Crippen LogP contribution in [0.2, 0.25) is 0 Å². The summed E-state index contributed by atoms with van der Waals surface area (Å²) in [5.74, 6) is 1.47. The minimum Gasteiger partial charge on any atom is -0.497 e. The van der Waals surface area contributed by atoms with Crippen LogP contribution in [0.4, 0.5) is 0 Å². The van der Waals surface area contributed by atoms with Gasteiger partial charge in [0.05, 0.1) is 19.9 Å². The Hall–Kier alpha value is -3.02. The Morgan fingerprint density at radius 1 is 1.11 bits per heavy atom. The van der Waals surface area contributed by atoms with Crippen molar-refractivity contribution in [3.8, 4) is 11.5 Å². The summed E-state index contributed by atoms with van der Waals surface area (Å²) in [6.45, 7) is 9.95. The smallest absolute Gasteiger partial charge is 0.223 e. The lowest BCUT2D eigenvalue weighted by molar-refractivity contribution is -0.132. The summed E-state index contributed by atoms with van der Waals surface area (Å²) in [6, 6.07) is 10.4. The molecule has 3 heterocycles. The Labute approximate surface area is 208 Å². The second-order valence-electron chi connectivity index (χ2n) is 11.8. The minimum atomic E-state index is -0.175. The first-order valence-electron chi connectivity index (χ1n) is 12.6. The molecule has 0 N–H and O–H groups in total. The number of methoxy groups -OCH3 is 2. The van der Waals surface area contributed by atoms with Crippen LogP contribution in [0.1, 0.15) is 69.2 Å². The summed E-state index contributed by atoms with van der Waals surface area (Å²) in [6.07, 6.45) is 7.68. The van der Waals surface area contributed by atoms with Gasteiger partial charge in [-0.3, -0.25) is 4.79 Å². The van der Waals surface area contributed by atoms with Gasteiger partial charge in [-0.2, -0.15) is 0 Å². The number of benzene rings is 1. The summed E-state index contributed by atoms with van der Waals surface area (Å²) >= 11 is 0. The second-order valence-corrected chi connectivity index (χ2v) is 11.8. The van der Waals surface area contributed by atoms with Gasteiger partial charge in [-0.1, -0.05) is 20.8 Å². The molecule has 1 aromatic carbocycles. The van der Waals surface area contributed by atoms with Gasteiger partial charge in [0, 0.05) is 43.4 Å². The van der Waals surface area contributed by atoms with Gasteiger partial charge in [0.25, 0.3) is 0 Å². The van der Waals surface area contributed by atoms with E-state index < -0.39 is 0 Å². The number of hydrogen-bond donors (Lipinski definition) is 0. The van der Waals surface area contributed by atoms with Crippen molar-refractivity contribution in [2.45, 2.75) is 65.3 Å². The first kappa shape index (κ1) is 23.7. The Bertz CT molecular complexity index is 1240. The molecule has 2 aliphatic rings. The molecule has 1 saturated carbocycles. The number of nitrogens with zero attached hydrogens (tertiary/aromatic N) is 3. The van der Waals surface area contributed by atoms with Crippen LogP contribution in [0.3, 0.4) is 0 Å². The molecular formula is C29H37N3O3. The van der Waals surface area contributed by atoms with Crippen molar-refractivity contribution in [1.29, 1.82) is 0 Å². The standard InChI is InChI=1S/C29H37N3O3/c1-19-7-8-31-25(16-30-26(31)9-19)24(20-10-22(34-5)12-23(11-20)35-6)13-27(33)32-18-29(4)15-21(32)14-28(2,3)17-29/h7-12,16,21,24H,13-15,17-18H2,1-6H3. The SMILES string of the molecule is COc1cc(OC)cc(C(CC(=O)N2CC3(C)CC2CC(C)(C)C3)c2cnc3cc(C)ccn23)c1. The molecule has 3 unspecified atom stereocenters. The number of carbonyl (C=O) groups is 1. The van der Waals surface area contributed by atoms with Gasteiger partial charge in [0.1, 0.15) is 17.1 Å². The molecule has 1 amide bonds. The lowest BCUT2D eigenvalue weighted by Crippen LogP contribution is -2.38. The number of aryl methyl sites for hydroxylation is 1. The Morgan fingerprint density at radius 2 is 1.83 bits per heavy atom. The van der Waals surface area contributed by atoms with E-state index in [1.165, 1.54) is 6.42 Å². The summed E-state index contributed by atoms with van der Waals surface area (Å²) in [5.41, 5.74) is 4.51. The molecule has 35 heavy (non-hydrogen) atoms. The number of likely N-dealkylation sites (tertiary alicyclic amines) is 1. The third-order valence-electron chi connectivity index (χ3n) is 7.94. The molecule has 3 aromatic rings. The van der Waals surface area contributed by atoms with Crippen molar-refractivity contribution >= 4 is 11.6 Å². The zero-order valence-electron chi connectivity index (χ0n) is 21.8. The van der Waals surface area contributed by atoms with Gasteiger partial charge in [-0.05, 0) is 72.4 Å². The third kappa shape index (κ3) is 4.51. The molecule has 0 spiro atoms. The quantitative estimate of drug-likeness (QED) is 0.465. The van der Waals surface area contributed by atoms with Crippen LogP contribution in [-0.4, -0.2) is 47.0 Å². The van der Waals surface area contributed by atoms with Crippen molar-refractivity contribution in [1.82, 2.24) is 14.3 Å². The molecule has 1 saturated heterocycles. The largest absolute Gasteiger partial charge is 0.497 e. The number of aromatic nitrogens is 2. The molecule has 1 aliphatic heterocycles. The number of carbonyl (C=O) groups excluding carboxylic acids is 1. The number of amides is 1. The zero-order valence-corrected chi connectivity index (χ0v) is 21.8. The van der Waals surface area contributed by atoms with Crippen molar-refractivity contribution < 1.29 is 14.3 Å². The van der Waals surface area contributed by atoms with Gasteiger partial charge >= 0.3 is 0 Å². The molecule has 6 nitrogen and oxygen atoms in total. The second kappa shape index (κ2) is 8.58. The van der Waals surface area contributed by atoms with Crippen molar-refractivity contribution in [2.75, 3.05) is 20.8 Å². The maximum Gasteiger partial charge on any atom is 0.223 e. The van der Waals surface area contributed by atoms with E-state index in [1.807, 2.05) is 30.6 Å². The predicted molar refractivity (Wildman–Crippen MR) is 137 cm³/mol. The Morgan fingerprint density at radius 3 is 2.51 bits per heavy atom. The highest BCUT2D eigenvalue weighted by Gasteiger charge is 2.51. The summed E-state index contributed by atoms with van der Waals surface area (Å²) in [5, 5.41) is 0. The van der Waals surface area contributed by atoms with E-state index in [2.05, 4.69) is 54.1 Å². The molecule has 5 rings (SSSR count). The van der Waals surface area contributed by atoms with Crippen LogP contribution < -0.4 is 9.47 Å². The van der Waals surface area contributed by atoms with Crippen LogP contribution in [0.25, 0.3) is 5.65 Å². The third-order valence-corrected chi connectivity index (χ3v) is 7.94. The van der Waals surface area contributed by atoms with Crippen molar-refractivity contribution in [3.63, 3.8) is 0 Å². The zero-order chi connectivity index (χ0) is 25.0. The Kier molecular flexibility index (Phi) is 5.81. The van der Waals surface area contributed by atoms with E-state index in [-0.39, 0.29) is 22.7 Å². The molecule has 6 heteroatoms.